The van der Waals surface area contributed by atoms with Crippen LogP contribution >= 0.6 is 0 Å². The Morgan fingerprint density at radius 2 is 2.24 bits per heavy atom. The number of nitrogens with zero attached hydrogens (tertiary/aromatic N) is 2. The van der Waals surface area contributed by atoms with Crippen molar-refractivity contribution < 1.29 is 19.2 Å². The van der Waals surface area contributed by atoms with Gasteiger partial charge < -0.3 is 14.9 Å². The van der Waals surface area contributed by atoms with E-state index in [4.69, 9.17) is 9.63 Å². The van der Waals surface area contributed by atoms with E-state index in [2.05, 4.69) is 10.5 Å². The second kappa shape index (κ2) is 5.28. The summed E-state index contributed by atoms with van der Waals surface area (Å²) < 4.78 is 4.69. The Labute approximate surface area is 120 Å². The van der Waals surface area contributed by atoms with Crippen molar-refractivity contribution >= 4 is 17.7 Å². The van der Waals surface area contributed by atoms with Gasteiger partial charge >= 0.3 is 12.0 Å². The van der Waals surface area contributed by atoms with Gasteiger partial charge in [-0.05, 0) is 24.1 Å². The van der Waals surface area contributed by atoms with E-state index in [0.29, 0.717) is 24.3 Å². The Balaban J connectivity index is 1.75. The highest BCUT2D eigenvalue weighted by molar-refractivity contribution is 5.96. The molecule has 3 rings (SSSR count). The van der Waals surface area contributed by atoms with Crippen molar-refractivity contribution in [3.8, 4) is 0 Å². The summed E-state index contributed by atoms with van der Waals surface area (Å²) in [6.45, 7) is 0.794. The van der Waals surface area contributed by atoms with Gasteiger partial charge in [-0.3, -0.25) is 4.90 Å². The first-order valence-electron chi connectivity index (χ1n) is 6.46. The quantitative estimate of drug-likeness (QED) is 0.894. The lowest BCUT2D eigenvalue weighted by Crippen LogP contribution is -2.38. The summed E-state index contributed by atoms with van der Waals surface area (Å²) in [6.07, 6.45) is 2.15. The molecule has 21 heavy (non-hydrogen) atoms. The lowest BCUT2D eigenvalue weighted by Gasteiger charge is -2.18. The number of amides is 2. The summed E-state index contributed by atoms with van der Waals surface area (Å²) in [4.78, 5) is 24.8. The Morgan fingerprint density at radius 3 is 2.95 bits per heavy atom. The maximum absolute atomic E-state index is 12.2. The summed E-state index contributed by atoms with van der Waals surface area (Å²) in [5.74, 6) is -1.01. The molecule has 1 aliphatic rings. The average Bonchev–Trinajstić information content (AvgIpc) is 3.13. The van der Waals surface area contributed by atoms with E-state index in [1.807, 2.05) is 0 Å². The lowest BCUT2D eigenvalue weighted by molar-refractivity contribution is 0.0697. The fraction of sp³-hybridized carbons (Fsp3) is 0.214. The van der Waals surface area contributed by atoms with Crippen molar-refractivity contribution in [2.75, 3.05) is 11.4 Å². The SMILES string of the molecule is O=C(O)c1ccc2c(c1)N(C(=O)NCc1ccon1)CC2. The molecular formula is C14H13N3O4. The normalized spacial score (nSPS) is 13.0. The van der Waals surface area contributed by atoms with Crippen LogP contribution in [0.15, 0.2) is 35.1 Å². The molecule has 7 heteroatoms. The average molecular weight is 287 g/mol. The fourth-order valence-corrected chi connectivity index (χ4v) is 2.31. The monoisotopic (exact) mass is 287 g/mol. The van der Waals surface area contributed by atoms with Gasteiger partial charge in [0.15, 0.2) is 0 Å². The second-order valence-corrected chi connectivity index (χ2v) is 4.70. The molecule has 1 aromatic heterocycles. The Bertz CT molecular complexity index is 682. The van der Waals surface area contributed by atoms with Gasteiger partial charge in [0.05, 0.1) is 12.1 Å². The zero-order valence-corrected chi connectivity index (χ0v) is 11.1. The number of urea groups is 1. The molecule has 0 spiro atoms. The maximum Gasteiger partial charge on any atom is 0.335 e. The van der Waals surface area contributed by atoms with Crippen LogP contribution in [0, 0.1) is 0 Å². The van der Waals surface area contributed by atoms with Gasteiger partial charge in [-0.25, -0.2) is 9.59 Å². The highest BCUT2D eigenvalue weighted by Gasteiger charge is 2.25. The number of benzene rings is 1. The molecule has 0 saturated heterocycles. The van der Waals surface area contributed by atoms with Gasteiger partial charge in [0.25, 0.3) is 0 Å². The number of hydrogen-bond donors (Lipinski definition) is 2. The van der Waals surface area contributed by atoms with E-state index in [0.717, 1.165) is 5.56 Å². The molecule has 2 N–H and O–H groups in total. The number of carbonyl (C=O) groups is 2. The van der Waals surface area contributed by atoms with Crippen LogP contribution in [0.3, 0.4) is 0 Å². The van der Waals surface area contributed by atoms with E-state index < -0.39 is 5.97 Å². The van der Waals surface area contributed by atoms with Crippen LogP contribution in [-0.4, -0.2) is 28.8 Å². The molecule has 2 amide bonds. The van der Waals surface area contributed by atoms with Crippen LogP contribution in [0.1, 0.15) is 21.6 Å². The first-order valence-corrected chi connectivity index (χ1v) is 6.46. The van der Waals surface area contributed by atoms with Crippen LogP contribution in [-0.2, 0) is 13.0 Å². The molecule has 0 aliphatic carbocycles. The minimum atomic E-state index is -1.01. The molecule has 0 bridgehead atoms. The third kappa shape index (κ3) is 2.58. The van der Waals surface area contributed by atoms with Crippen molar-refractivity contribution in [2.45, 2.75) is 13.0 Å². The smallest absolute Gasteiger partial charge is 0.335 e. The zero-order valence-electron chi connectivity index (χ0n) is 11.1. The number of rotatable bonds is 3. The summed E-state index contributed by atoms with van der Waals surface area (Å²) in [7, 11) is 0. The lowest BCUT2D eigenvalue weighted by atomic mass is 10.1. The summed E-state index contributed by atoms with van der Waals surface area (Å²) in [6, 6.07) is 6.22. The number of hydrogen-bond acceptors (Lipinski definition) is 4. The van der Waals surface area contributed by atoms with Crippen molar-refractivity contribution in [1.82, 2.24) is 10.5 Å². The predicted molar refractivity (Wildman–Crippen MR) is 73.2 cm³/mol. The topological polar surface area (TPSA) is 95.7 Å². The summed E-state index contributed by atoms with van der Waals surface area (Å²) >= 11 is 0. The van der Waals surface area contributed by atoms with Gasteiger partial charge in [0.2, 0.25) is 0 Å². The fourth-order valence-electron chi connectivity index (χ4n) is 2.31. The van der Waals surface area contributed by atoms with Crippen LogP contribution in [0.5, 0.6) is 0 Å². The molecule has 0 atom stereocenters. The Hall–Kier alpha value is -2.83. The van der Waals surface area contributed by atoms with E-state index in [9.17, 15) is 9.59 Å². The highest BCUT2D eigenvalue weighted by atomic mass is 16.5. The minimum absolute atomic E-state index is 0.171. The molecule has 0 saturated carbocycles. The number of carbonyl (C=O) groups excluding carboxylic acids is 1. The third-order valence-electron chi connectivity index (χ3n) is 3.38. The molecule has 1 aromatic carbocycles. The van der Waals surface area contributed by atoms with Crippen LogP contribution in [0.25, 0.3) is 0 Å². The molecule has 1 aliphatic heterocycles. The van der Waals surface area contributed by atoms with Crippen LogP contribution in [0.4, 0.5) is 10.5 Å². The molecule has 2 aromatic rings. The minimum Gasteiger partial charge on any atom is -0.478 e. The van der Waals surface area contributed by atoms with E-state index in [1.165, 1.54) is 12.3 Å². The van der Waals surface area contributed by atoms with Crippen molar-refractivity contribution in [3.63, 3.8) is 0 Å². The number of fused-ring (bicyclic) bond motifs is 1. The number of aromatic carboxylic acids is 1. The van der Waals surface area contributed by atoms with Gasteiger partial charge in [-0.2, -0.15) is 0 Å². The van der Waals surface area contributed by atoms with Gasteiger partial charge in [-0.15, -0.1) is 0 Å². The number of carboxylic acids is 1. The zero-order chi connectivity index (χ0) is 14.8. The van der Waals surface area contributed by atoms with Crippen molar-refractivity contribution in [3.05, 3.63) is 47.3 Å². The predicted octanol–water partition coefficient (Wildman–Crippen LogP) is 1.65. The Morgan fingerprint density at radius 1 is 1.38 bits per heavy atom. The van der Waals surface area contributed by atoms with E-state index in [1.54, 1.807) is 23.1 Å². The van der Waals surface area contributed by atoms with Gasteiger partial charge in [-0.1, -0.05) is 11.2 Å². The number of carboxylic acid groups (broad SMARTS) is 1. The maximum atomic E-state index is 12.2. The first kappa shape index (κ1) is 13.2. The first-order chi connectivity index (χ1) is 10.1. The third-order valence-corrected chi connectivity index (χ3v) is 3.38. The molecule has 2 heterocycles. The number of anilines is 1. The molecule has 7 nitrogen and oxygen atoms in total. The number of nitrogens with one attached hydrogen (secondary N) is 1. The molecule has 0 fully saturated rings. The van der Waals surface area contributed by atoms with Crippen LogP contribution in [0.2, 0.25) is 0 Å². The number of aromatic nitrogens is 1. The summed E-state index contributed by atoms with van der Waals surface area (Å²) in [5.41, 5.74) is 2.41. The molecule has 108 valence electrons. The second-order valence-electron chi connectivity index (χ2n) is 4.70. The van der Waals surface area contributed by atoms with E-state index in [-0.39, 0.29) is 18.1 Å². The Kier molecular flexibility index (Phi) is 3.31. The highest BCUT2D eigenvalue weighted by Crippen LogP contribution is 2.29. The van der Waals surface area contributed by atoms with Gasteiger partial charge in [0.1, 0.15) is 12.0 Å². The molecule has 0 unspecified atom stereocenters. The largest absolute Gasteiger partial charge is 0.478 e. The van der Waals surface area contributed by atoms with Gasteiger partial charge in [0, 0.05) is 18.3 Å². The molecule has 0 radical (unpaired) electrons. The van der Waals surface area contributed by atoms with Crippen molar-refractivity contribution in [1.29, 1.82) is 0 Å². The molecular weight excluding hydrogens is 274 g/mol. The summed E-state index contributed by atoms with van der Waals surface area (Å²) in [5, 5.41) is 15.5. The van der Waals surface area contributed by atoms with Crippen LogP contribution < -0.4 is 10.2 Å². The van der Waals surface area contributed by atoms with Crippen molar-refractivity contribution in [2.24, 2.45) is 0 Å². The van der Waals surface area contributed by atoms with E-state index >= 15 is 0 Å². The standard InChI is InChI=1S/C14H13N3O4/c18-13(19)10-2-1-9-3-5-17(12(9)7-10)14(20)15-8-11-4-6-21-16-11/h1-2,4,6-7H,3,5,8H2,(H,15,20)(H,18,19).